The molecule has 5 rings (SSSR count). The molecule has 0 spiro atoms. The van der Waals surface area contributed by atoms with Gasteiger partial charge in [0.05, 0.1) is 35.7 Å². The Labute approximate surface area is 198 Å². The number of nitrogens with one attached hydrogen (secondary N) is 1. The average molecular weight is 479 g/mol. The van der Waals surface area contributed by atoms with Crippen LogP contribution in [0.4, 0.5) is 19.0 Å². The highest BCUT2D eigenvalue weighted by atomic mass is 19.3. The fraction of sp³-hybridized carbons (Fsp3) is 0.200. The number of benzene rings is 2. The van der Waals surface area contributed by atoms with E-state index in [0.29, 0.717) is 34.9 Å². The van der Waals surface area contributed by atoms with E-state index in [4.69, 9.17) is 0 Å². The van der Waals surface area contributed by atoms with Crippen molar-refractivity contribution < 1.29 is 22.8 Å². The lowest BCUT2D eigenvalue weighted by molar-refractivity contribution is -0.143. The highest BCUT2D eigenvalue weighted by Crippen LogP contribution is 2.38. The molecule has 178 valence electrons. The van der Waals surface area contributed by atoms with Crippen LogP contribution in [0.1, 0.15) is 24.9 Å². The van der Waals surface area contributed by atoms with Gasteiger partial charge in [-0.2, -0.15) is 13.9 Å². The van der Waals surface area contributed by atoms with Gasteiger partial charge in [0.15, 0.2) is 0 Å². The third kappa shape index (κ3) is 4.23. The second kappa shape index (κ2) is 8.53. The van der Waals surface area contributed by atoms with Crippen LogP contribution in [-0.2, 0) is 9.59 Å². The Morgan fingerprint density at radius 3 is 2.49 bits per heavy atom. The summed E-state index contributed by atoms with van der Waals surface area (Å²) in [6.45, 7) is 0.517. The van der Waals surface area contributed by atoms with Crippen LogP contribution < -0.4 is 10.2 Å². The molecule has 2 atom stereocenters. The topological polar surface area (TPSA) is 80.1 Å². The Hall–Kier alpha value is -4.21. The van der Waals surface area contributed by atoms with Gasteiger partial charge in [-0.15, -0.1) is 0 Å². The van der Waals surface area contributed by atoms with Crippen molar-refractivity contribution in [3.8, 4) is 5.69 Å². The summed E-state index contributed by atoms with van der Waals surface area (Å²) in [4.78, 5) is 31.0. The first kappa shape index (κ1) is 22.6. The number of hydrogen-bond donors (Lipinski definition) is 1. The molecule has 1 fully saturated rings. The molecule has 1 N–H and O–H groups in total. The number of anilines is 1. The van der Waals surface area contributed by atoms with E-state index in [1.54, 1.807) is 65.6 Å². The maximum atomic E-state index is 13.6. The summed E-state index contributed by atoms with van der Waals surface area (Å²) in [6.07, 6.45) is 2.98. The van der Waals surface area contributed by atoms with E-state index in [2.05, 4.69) is 15.4 Å². The molecule has 2 amide bonds. The summed E-state index contributed by atoms with van der Waals surface area (Å²) >= 11 is 0. The molecule has 0 radical (unpaired) electrons. The summed E-state index contributed by atoms with van der Waals surface area (Å²) in [7, 11) is 0. The van der Waals surface area contributed by atoms with Gasteiger partial charge in [-0.25, -0.2) is 14.1 Å². The summed E-state index contributed by atoms with van der Waals surface area (Å²) in [6, 6.07) is 14.8. The van der Waals surface area contributed by atoms with Crippen molar-refractivity contribution in [3.63, 3.8) is 0 Å². The number of nitrogens with zero attached hydrogens (tertiary/aromatic N) is 4. The number of halogens is 3. The monoisotopic (exact) mass is 479 g/mol. The number of amides is 2. The van der Waals surface area contributed by atoms with Gasteiger partial charge in [-0.1, -0.05) is 30.3 Å². The van der Waals surface area contributed by atoms with E-state index >= 15 is 0 Å². The van der Waals surface area contributed by atoms with Crippen LogP contribution in [-0.4, -0.2) is 38.5 Å². The molecule has 2 aromatic heterocycles. The number of pyridine rings is 1. The summed E-state index contributed by atoms with van der Waals surface area (Å²) in [5.41, 5.74) is 1.95. The Morgan fingerprint density at radius 1 is 1.09 bits per heavy atom. The van der Waals surface area contributed by atoms with E-state index in [1.165, 1.54) is 17.0 Å². The molecule has 7 nitrogen and oxygen atoms in total. The molecule has 35 heavy (non-hydrogen) atoms. The number of fused-ring (bicyclic) bond motifs is 1. The SMILES string of the molecule is CC(F)(F)C(=O)NC1CC(=O)N(c2cc3cnn(-c4ccc(F)cc4)c3cn2)[C@@H]1c1ccccc1. The van der Waals surface area contributed by atoms with Crippen molar-refractivity contribution in [1.29, 1.82) is 0 Å². The molecule has 1 saturated heterocycles. The fourth-order valence-corrected chi connectivity index (χ4v) is 4.29. The maximum Gasteiger partial charge on any atom is 0.321 e. The van der Waals surface area contributed by atoms with Crippen LogP contribution in [0.2, 0.25) is 0 Å². The van der Waals surface area contributed by atoms with E-state index < -0.39 is 23.9 Å². The highest BCUT2D eigenvalue weighted by Gasteiger charge is 2.45. The predicted octanol–water partition coefficient (Wildman–Crippen LogP) is 4.18. The van der Waals surface area contributed by atoms with E-state index in [0.717, 1.165) is 0 Å². The first-order chi connectivity index (χ1) is 16.7. The maximum absolute atomic E-state index is 13.6. The third-order valence-electron chi connectivity index (χ3n) is 5.94. The molecule has 2 aromatic carbocycles. The molecule has 1 aliphatic heterocycles. The van der Waals surface area contributed by atoms with Gasteiger partial charge in [0.25, 0.3) is 5.91 Å². The lowest BCUT2D eigenvalue weighted by atomic mass is 9.99. The van der Waals surface area contributed by atoms with Crippen molar-refractivity contribution in [2.24, 2.45) is 0 Å². The van der Waals surface area contributed by atoms with Crippen LogP contribution in [0.5, 0.6) is 0 Å². The minimum Gasteiger partial charge on any atom is -0.345 e. The second-order valence-electron chi connectivity index (χ2n) is 8.43. The normalized spacial score (nSPS) is 18.3. The van der Waals surface area contributed by atoms with Crippen molar-refractivity contribution in [2.45, 2.75) is 31.4 Å². The largest absolute Gasteiger partial charge is 0.345 e. The molecule has 10 heteroatoms. The summed E-state index contributed by atoms with van der Waals surface area (Å²) in [5.74, 6) is -5.45. The first-order valence-electron chi connectivity index (χ1n) is 10.9. The number of alkyl halides is 2. The number of hydrogen-bond acceptors (Lipinski definition) is 4. The molecular weight excluding hydrogens is 459 g/mol. The molecule has 4 aromatic rings. The lowest BCUT2D eigenvalue weighted by Gasteiger charge is -2.29. The third-order valence-corrected chi connectivity index (χ3v) is 5.94. The van der Waals surface area contributed by atoms with Gasteiger partial charge in [0.1, 0.15) is 11.6 Å². The summed E-state index contributed by atoms with van der Waals surface area (Å²) < 4.78 is 42.1. The van der Waals surface area contributed by atoms with Crippen LogP contribution in [0, 0.1) is 5.82 Å². The van der Waals surface area contributed by atoms with Crippen LogP contribution in [0.15, 0.2) is 73.1 Å². The quantitative estimate of drug-likeness (QED) is 0.466. The van der Waals surface area contributed by atoms with Crippen molar-refractivity contribution in [1.82, 2.24) is 20.1 Å². The van der Waals surface area contributed by atoms with E-state index in [9.17, 15) is 22.8 Å². The van der Waals surface area contributed by atoms with E-state index in [1.807, 2.05) is 0 Å². The molecule has 1 aliphatic rings. The van der Waals surface area contributed by atoms with Gasteiger partial charge in [-0.05, 0) is 35.9 Å². The van der Waals surface area contributed by atoms with Crippen LogP contribution in [0.3, 0.4) is 0 Å². The molecule has 0 saturated carbocycles. The van der Waals surface area contributed by atoms with Crippen molar-refractivity contribution in [3.05, 3.63) is 84.4 Å². The Balaban J connectivity index is 1.53. The zero-order valence-electron chi connectivity index (χ0n) is 18.5. The van der Waals surface area contributed by atoms with E-state index in [-0.39, 0.29) is 18.1 Å². The zero-order chi connectivity index (χ0) is 24.7. The molecule has 3 heterocycles. The Bertz CT molecular complexity index is 1400. The zero-order valence-corrected chi connectivity index (χ0v) is 18.5. The highest BCUT2D eigenvalue weighted by molar-refractivity contribution is 5.99. The second-order valence-corrected chi connectivity index (χ2v) is 8.43. The van der Waals surface area contributed by atoms with Crippen LogP contribution in [0.25, 0.3) is 16.6 Å². The van der Waals surface area contributed by atoms with Crippen LogP contribution >= 0.6 is 0 Å². The van der Waals surface area contributed by atoms with Gasteiger partial charge in [0.2, 0.25) is 5.91 Å². The number of rotatable bonds is 5. The molecule has 0 aliphatic carbocycles. The fourth-order valence-electron chi connectivity index (χ4n) is 4.29. The number of carbonyl (C=O) groups excluding carboxylic acids is 2. The smallest absolute Gasteiger partial charge is 0.321 e. The van der Waals surface area contributed by atoms with Gasteiger partial charge < -0.3 is 5.32 Å². The van der Waals surface area contributed by atoms with Crippen molar-refractivity contribution in [2.75, 3.05) is 4.90 Å². The molecule has 1 unspecified atom stereocenters. The minimum atomic E-state index is -3.58. The Morgan fingerprint density at radius 2 is 1.80 bits per heavy atom. The average Bonchev–Trinajstić information content (AvgIpc) is 3.39. The van der Waals surface area contributed by atoms with Gasteiger partial charge in [-0.3, -0.25) is 14.5 Å². The lowest BCUT2D eigenvalue weighted by Crippen LogP contribution is -2.46. The molecular formula is C25H20F3N5O2. The van der Waals surface area contributed by atoms with Crippen molar-refractivity contribution >= 4 is 28.5 Å². The first-order valence-corrected chi connectivity index (χ1v) is 10.9. The standard InChI is InChI=1S/C25H20F3N5O2/c1-25(27,28)24(35)31-19-12-22(34)32(23(19)15-5-3-2-4-6-15)21-11-16-13-30-33(20(16)14-29-21)18-9-7-17(26)8-10-18/h2-11,13-14,19,23H,12H2,1H3,(H,31,35)/t19?,23-/m1/s1. The van der Waals surface area contributed by atoms with Gasteiger partial charge in [0, 0.05) is 18.7 Å². The number of aromatic nitrogens is 3. The molecule has 0 bridgehead atoms. The number of carbonyl (C=O) groups is 2. The summed E-state index contributed by atoms with van der Waals surface area (Å²) in [5, 5.41) is 7.36. The van der Waals surface area contributed by atoms with Gasteiger partial charge >= 0.3 is 5.92 Å². The predicted molar refractivity (Wildman–Crippen MR) is 123 cm³/mol. The minimum absolute atomic E-state index is 0.157. The Kier molecular flexibility index (Phi) is 5.50.